The van der Waals surface area contributed by atoms with E-state index in [1.54, 1.807) is 0 Å². The van der Waals surface area contributed by atoms with Crippen LogP contribution in [0, 0.1) is 5.92 Å². The molecule has 1 aromatic heterocycles. The number of hydrogen-bond donors (Lipinski definition) is 1. The van der Waals surface area contributed by atoms with Gasteiger partial charge in [0.15, 0.2) is 5.69 Å². The molecule has 1 unspecified atom stereocenters. The highest BCUT2D eigenvalue weighted by atomic mass is 16.5. The first-order valence-corrected chi connectivity index (χ1v) is 12.4. The number of aliphatic hydroxyl groups excluding tert-OH is 1. The molecule has 8 heteroatoms. The number of aliphatic hydroxyl groups is 1. The van der Waals surface area contributed by atoms with Gasteiger partial charge in [-0.05, 0) is 25.7 Å². The van der Waals surface area contributed by atoms with Crippen molar-refractivity contribution in [3.8, 4) is 0 Å². The van der Waals surface area contributed by atoms with Crippen LogP contribution in [0.3, 0.4) is 0 Å². The van der Waals surface area contributed by atoms with Gasteiger partial charge < -0.3 is 19.2 Å². The van der Waals surface area contributed by atoms with Crippen LogP contribution in [0.1, 0.15) is 69.3 Å². The number of amides is 1. The third-order valence-corrected chi connectivity index (χ3v) is 6.44. The van der Waals surface area contributed by atoms with Crippen molar-refractivity contribution in [3.05, 3.63) is 17.8 Å². The average Bonchev–Trinajstić information content (AvgIpc) is 3.24. The molecule has 0 aromatic carbocycles. The molecule has 1 aliphatic heterocycles. The maximum atomic E-state index is 13.0. The topological polar surface area (TPSA) is 82.3 Å². The lowest BCUT2D eigenvalue weighted by Gasteiger charge is -2.35. The smallest absolute Gasteiger partial charge is 0.276 e. The standard InChI is InChI=1S/C24H42N4O4/c1-4-28(20-8-6-5-7-9-20)24(30)22-18-32-23(25-22)15-27-12-10-26(11-13-27)14-21(29)17-31-16-19(2)3/h18-21,29H,4-17H2,1-3H3. The molecular weight excluding hydrogens is 408 g/mol. The van der Waals surface area contributed by atoms with Crippen LogP contribution in [0.25, 0.3) is 0 Å². The minimum atomic E-state index is -0.453. The molecule has 2 aliphatic rings. The number of aromatic nitrogens is 1. The molecule has 0 radical (unpaired) electrons. The second-order valence-corrected chi connectivity index (χ2v) is 9.67. The number of β-amino-alcohol motifs (C(OH)–C–C–N with tert-alkyl or cyclic N) is 1. The Kier molecular flexibility index (Phi) is 9.96. The van der Waals surface area contributed by atoms with Crippen LogP contribution in [0.4, 0.5) is 0 Å². The zero-order valence-electron chi connectivity index (χ0n) is 20.2. The zero-order chi connectivity index (χ0) is 22.9. The summed E-state index contributed by atoms with van der Waals surface area (Å²) < 4.78 is 11.2. The molecule has 1 saturated carbocycles. The maximum absolute atomic E-state index is 13.0. The van der Waals surface area contributed by atoms with Crippen LogP contribution in [0.5, 0.6) is 0 Å². The van der Waals surface area contributed by atoms with E-state index in [0.717, 1.165) is 39.0 Å². The van der Waals surface area contributed by atoms with E-state index in [1.807, 2.05) is 11.8 Å². The summed E-state index contributed by atoms with van der Waals surface area (Å²) in [6.45, 7) is 12.8. The van der Waals surface area contributed by atoms with E-state index in [2.05, 4.69) is 28.6 Å². The Bertz CT molecular complexity index is 681. The fourth-order valence-electron chi connectivity index (χ4n) is 4.70. The van der Waals surface area contributed by atoms with Crippen molar-refractivity contribution in [2.24, 2.45) is 5.92 Å². The molecule has 0 bridgehead atoms. The molecule has 2 heterocycles. The van der Waals surface area contributed by atoms with E-state index in [9.17, 15) is 9.90 Å². The van der Waals surface area contributed by atoms with Gasteiger partial charge in [-0.25, -0.2) is 4.98 Å². The van der Waals surface area contributed by atoms with Crippen LogP contribution in [0.2, 0.25) is 0 Å². The molecule has 1 N–H and O–H groups in total. The Morgan fingerprint density at radius 1 is 1.19 bits per heavy atom. The molecule has 3 rings (SSSR count). The number of ether oxygens (including phenoxy) is 1. The second-order valence-electron chi connectivity index (χ2n) is 9.67. The van der Waals surface area contributed by atoms with E-state index in [1.165, 1.54) is 25.5 Å². The quantitative estimate of drug-likeness (QED) is 0.555. The van der Waals surface area contributed by atoms with E-state index in [0.29, 0.717) is 56.4 Å². The molecule has 0 spiro atoms. The Labute approximate surface area is 192 Å². The van der Waals surface area contributed by atoms with Crippen LogP contribution < -0.4 is 0 Å². The summed E-state index contributed by atoms with van der Waals surface area (Å²) in [5.41, 5.74) is 0.426. The zero-order valence-corrected chi connectivity index (χ0v) is 20.2. The first-order chi connectivity index (χ1) is 15.5. The molecule has 1 aromatic rings. The van der Waals surface area contributed by atoms with Gasteiger partial charge in [0.25, 0.3) is 5.91 Å². The summed E-state index contributed by atoms with van der Waals surface area (Å²) in [5.74, 6) is 1.07. The molecule has 1 aliphatic carbocycles. The van der Waals surface area contributed by atoms with Crippen LogP contribution in [-0.2, 0) is 11.3 Å². The van der Waals surface area contributed by atoms with E-state index < -0.39 is 6.10 Å². The fraction of sp³-hybridized carbons (Fsp3) is 0.833. The van der Waals surface area contributed by atoms with Crippen molar-refractivity contribution in [2.45, 2.75) is 71.6 Å². The van der Waals surface area contributed by atoms with Crippen LogP contribution >= 0.6 is 0 Å². The number of carbonyl (C=O) groups is 1. The third kappa shape index (κ3) is 7.54. The number of oxazole rings is 1. The van der Waals surface area contributed by atoms with E-state index in [4.69, 9.17) is 9.15 Å². The lowest BCUT2D eigenvalue weighted by molar-refractivity contribution is -0.000850. The monoisotopic (exact) mass is 450 g/mol. The first-order valence-electron chi connectivity index (χ1n) is 12.4. The maximum Gasteiger partial charge on any atom is 0.276 e. The molecule has 1 amide bonds. The first kappa shape index (κ1) is 25.1. The van der Waals surface area contributed by atoms with Gasteiger partial charge in [-0.1, -0.05) is 33.1 Å². The van der Waals surface area contributed by atoms with Crippen molar-refractivity contribution in [1.29, 1.82) is 0 Å². The van der Waals surface area contributed by atoms with Gasteiger partial charge in [0.2, 0.25) is 5.89 Å². The SMILES string of the molecule is CCN(C(=O)c1coc(CN2CCN(CC(O)COCC(C)C)CC2)n1)C1CCCCC1. The molecule has 2 fully saturated rings. The van der Waals surface area contributed by atoms with Gasteiger partial charge in [0.05, 0.1) is 19.3 Å². The van der Waals surface area contributed by atoms with Gasteiger partial charge in [-0.3, -0.25) is 14.6 Å². The summed E-state index contributed by atoms with van der Waals surface area (Å²) in [4.78, 5) is 24.0. The summed E-state index contributed by atoms with van der Waals surface area (Å²) in [5, 5.41) is 10.2. The van der Waals surface area contributed by atoms with Crippen molar-refractivity contribution in [1.82, 2.24) is 19.7 Å². The van der Waals surface area contributed by atoms with Gasteiger partial charge in [0.1, 0.15) is 6.26 Å². The Morgan fingerprint density at radius 3 is 2.53 bits per heavy atom. The summed E-state index contributed by atoms with van der Waals surface area (Å²) >= 11 is 0. The number of piperazine rings is 1. The van der Waals surface area contributed by atoms with Crippen LogP contribution in [0.15, 0.2) is 10.7 Å². The molecule has 1 saturated heterocycles. The third-order valence-electron chi connectivity index (χ3n) is 6.44. The van der Waals surface area contributed by atoms with E-state index >= 15 is 0 Å². The Balaban J connectivity index is 1.41. The van der Waals surface area contributed by atoms with E-state index in [-0.39, 0.29) is 5.91 Å². The summed E-state index contributed by atoms with van der Waals surface area (Å²) in [6.07, 6.45) is 6.92. The molecule has 32 heavy (non-hydrogen) atoms. The molecular formula is C24H42N4O4. The number of hydrogen-bond acceptors (Lipinski definition) is 7. The van der Waals surface area contributed by atoms with Crippen molar-refractivity contribution < 1.29 is 19.1 Å². The number of rotatable bonds is 11. The second kappa shape index (κ2) is 12.7. The summed E-state index contributed by atoms with van der Waals surface area (Å²) in [6, 6.07) is 0.334. The largest absolute Gasteiger partial charge is 0.447 e. The highest BCUT2D eigenvalue weighted by Crippen LogP contribution is 2.24. The van der Waals surface area contributed by atoms with Gasteiger partial charge in [-0.15, -0.1) is 0 Å². The van der Waals surface area contributed by atoms with Crippen molar-refractivity contribution in [3.63, 3.8) is 0 Å². The average molecular weight is 451 g/mol. The summed E-state index contributed by atoms with van der Waals surface area (Å²) in [7, 11) is 0. The highest BCUT2D eigenvalue weighted by molar-refractivity contribution is 5.92. The number of carbonyl (C=O) groups excluding carboxylic acids is 1. The Morgan fingerprint density at radius 2 is 1.88 bits per heavy atom. The van der Waals surface area contributed by atoms with Gasteiger partial charge in [-0.2, -0.15) is 0 Å². The lowest BCUT2D eigenvalue weighted by atomic mass is 9.94. The van der Waals surface area contributed by atoms with Crippen LogP contribution in [-0.4, -0.2) is 95.3 Å². The Hall–Kier alpha value is -1.48. The fourth-order valence-corrected chi connectivity index (χ4v) is 4.70. The minimum absolute atomic E-state index is 0.00658. The van der Waals surface area contributed by atoms with Crippen molar-refractivity contribution >= 4 is 5.91 Å². The lowest BCUT2D eigenvalue weighted by Crippen LogP contribution is -2.48. The predicted octanol–water partition coefficient (Wildman–Crippen LogP) is 2.62. The molecule has 8 nitrogen and oxygen atoms in total. The normalized spacial score (nSPS) is 20.0. The van der Waals surface area contributed by atoms with Gasteiger partial charge >= 0.3 is 0 Å². The highest BCUT2D eigenvalue weighted by Gasteiger charge is 2.27. The molecule has 182 valence electrons. The number of nitrogens with zero attached hydrogens (tertiary/aromatic N) is 4. The molecule has 1 atom stereocenters. The predicted molar refractivity (Wildman–Crippen MR) is 123 cm³/mol. The minimum Gasteiger partial charge on any atom is -0.447 e. The van der Waals surface area contributed by atoms with Crippen molar-refractivity contribution in [2.75, 3.05) is 52.5 Å². The van der Waals surface area contributed by atoms with Gasteiger partial charge in [0, 0.05) is 51.9 Å².